The Kier molecular flexibility index (Phi) is 5.56. The Hall–Kier alpha value is -1.11. The molecule has 2 N–H and O–H groups in total. The number of rotatable bonds is 6. The van der Waals surface area contributed by atoms with E-state index in [1.54, 1.807) is 6.92 Å². The first-order chi connectivity index (χ1) is 9.13. The number of benzene rings is 1. The van der Waals surface area contributed by atoms with Gasteiger partial charge in [-0.25, -0.2) is 17.9 Å². The van der Waals surface area contributed by atoms with Gasteiger partial charge in [0.25, 0.3) is 0 Å². The average molecular weight is 320 g/mol. The Morgan fingerprint density at radius 1 is 1.35 bits per heavy atom. The van der Waals surface area contributed by atoms with Gasteiger partial charge in [0, 0.05) is 6.04 Å². The number of sulfonamides is 1. The smallest absolute Gasteiger partial charge is 0.335 e. The van der Waals surface area contributed by atoms with Gasteiger partial charge in [0.05, 0.1) is 10.6 Å². The molecule has 0 aliphatic carbocycles. The molecule has 112 valence electrons. The lowest BCUT2D eigenvalue weighted by Gasteiger charge is -2.16. The summed E-state index contributed by atoms with van der Waals surface area (Å²) in [7, 11) is -3.84. The average Bonchev–Trinajstić information content (AvgIpc) is 2.26. The summed E-state index contributed by atoms with van der Waals surface area (Å²) >= 11 is 5.86. The summed E-state index contributed by atoms with van der Waals surface area (Å²) in [5, 5.41) is 8.91. The van der Waals surface area contributed by atoms with Crippen LogP contribution in [0.4, 0.5) is 0 Å². The minimum absolute atomic E-state index is 0.000697. The first-order valence-corrected chi connectivity index (χ1v) is 8.04. The van der Waals surface area contributed by atoms with Gasteiger partial charge in [0.15, 0.2) is 0 Å². The lowest BCUT2D eigenvalue weighted by molar-refractivity contribution is 0.0696. The topological polar surface area (TPSA) is 83.5 Å². The van der Waals surface area contributed by atoms with Crippen molar-refractivity contribution in [1.29, 1.82) is 0 Å². The summed E-state index contributed by atoms with van der Waals surface area (Å²) in [4.78, 5) is 10.7. The zero-order valence-corrected chi connectivity index (χ0v) is 13.1. The molecule has 0 aliphatic rings. The van der Waals surface area contributed by atoms with Crippen LogP contribution in [-0.2, 0) is 10.0 Å². The van der Waals surface area contributed by atoms with Crippen LogP contribution in [0.1, 0.15) is 37.6 Å². The number of halogens is 1. The van der Waals surface area contributed by atoms with Crippen LogP contribution in [-0.4, -0.2) is 25.5 Å². The fraction of sp³-hybridized carbons (Fsp3) is 0.462. The van der Waals surface area contributed by atoms with Crippen LogP contribution in [0.3, 0.4) is 0 Å². The van der Waals surface area contributed by atoms with E-state index in [4.69, 9.17) is 16.7 Å². The number of hydrogen-bond donors (Lipinski definition) is 2. The van der Waals surface area contributed by atoms with E-state index in [1.165, 1.54) is 12.1 Å². The maximum Gasteiger partial charge on any atom is 0.335 e. The van der Waals surface area contributed by atoms with Crippen LogP contribution in [0, 0.1) is 5.92 Å². The van der Waals surface area contributed by atoms with E-state index in [0.29, 0.717) is 12.3 Å². The third-order valence-electron chi connectivity index (χ3n) is 2.65. The standard InChI is InChI=1S/C13H18ClNO4S/c1-8(2)6-9(3)15-20(18,19)12-7-10(13(16)17)4-5-11(12)14/h4-5,7-9,15H,6H2,1-3H3,(H,16,17). The molecule has 0 aliphatic heterocycles. The van der Waals surface area contributed by atoms with Gasteiger partial charge >= 0.3 is 5.97 Å². The van der Waals surface area contributed by atoms with Crippen LogP contribution < -0.4 is 4.72 Å². The molecule has 0 fully saturated rings. The van der Waals surface area contributed by atoms with Gasteiger partial charge in [-0.3, -0.25) is 0 Å². The number of aromatic carboxylic acids is 1. The third kappa shape index (κ3) is 4.47. The minimum atomic E-state index is -3.84. The molecule has 1 rings (SSSR count). The fourth-order valence-electron chi connectivity index (χ4n) is 1.93. The van der Waals surface area contributed by atoms with Gasteiger partial charge in [-0.1, -0.05) is 25.4 Å². The molecule has 0 amide bonds. The van der Waals surface area contributed by atoms with Gasteiger partial charge in [0.1, 0.15) is 4.90 Å². The third-order valence-corrected chi connectivity index (χ3v) is 4.72. The number of carbonyl (C=O) groups is 1. The maximum atomic E-state index is 12.2. The predicted octanol–water partition coefficient (Wildman–Crippen LogP) is 2.75. The lowest BCUT2D eigenvalue weighted by Crippen LogP contribution is -2.33. The summed E-state index contributed by atoms with van der Waals surface area (Å²) in [6.07, 6.45) is 0.676. The van der Waals surface area contributed by atoms with E-state index in [9.17, 15) is 13.2 Å². The van der Waals surface area contributed by atoms with Gasteiger partial charge in [-0.2, -0.15) is 0 Å². The van der Waals surface area contributed by atoms with E-state index >= 15 is 0 Å². The van der Waals surface area contributed by atoms with E-state index < -0.39 is 16.0 Å². The van der Waals surface area contributed by atoms with Crippen molar-refractivity contribution in [2.45, 2.75) is 38.1 Å². The summed E-state index contributed by atoms with van der Waals surface area (Å²) in [6.45, 7) is 5.73. The fourth-order valence-corrected chi connectivity index (χ4v) is 3.71. The second-order valence-electron chi connectivity index (χ2n) is 5.10. The Bertz CT molecular complexity index is 598. The van der Waals surface area contributed by atoms with Crippen LogP contribution in [0.15, 0.2) is 23.1 Å². The van der Waals surface area contributed by atoms with Crippen molar-refractivity contribution in [2.24, 2.45) is 5.92 Å². The second-order valence-corrected chi connectivity index (χ2v) is 7.19. The molecular weight excluding hydrogens is 302 g/mol. The molecule has 0 saturated heterocycles. The van der Waals surface area contributed by atoms with Crippen molar-refractivity contribution in [3.8, 4) is 0 Å². The molecule has 0 aromatic heterocycles. The summed E-state index contributed by atoms with van der Waals surface area (Å²) in [5.74, 6) is -0.859. The van der Waals surface area contributed by atoms with Crippen LogP contribution in [0.5, 0.6) is 0 Å². The minimum Gasteiger partial charge on any atom is -0.478 e. The molecule has 1 aromatic carbocycles. The SMILES string of the molecule is CC(C)CC(C)NS(=O)(=O)c1cc(C(=O)O)ccc1Cl. The molecule has 1 aromatic rings. The summed E-state index contributed by atoms with van der Waals surface area (Å²) in [5.41, 5.74) is -0.119. The molecule has 1 unspecified atom stereocenters. The number of carboxylic acids is 1. The van der Waals surface area contributed by atoms with E-state index in [2.05, 4.69) is 4.72 Å². The normalized spacial score (nSPS) is 13.4. The zero-order valence-electron chi connectivity index (χ0n) is 11.6. The van der Waals surface area contributed by atoms with Gasteiger partial charge in [-0.15, -0.1) is 0 Å². The van der Waals surface area contributed by atoms with Gasteiger partial charge < -0.3 is 5.11 Å². The van der Waals surface area contributed by atoms with Crippen molar-refractivity contribution in [3.05, 3.63) is 28.8 Å². The first-order valence-electron chi connectivity index (χ1n) is 6.18. The Labute approximate surface area is 124 Å². The van der Waals surface area contributed by atoms with Gasteiger partial charge in [0.2, 0.25) is 10.0 Å². The highest BCUT2D eigenvalue weighted by Crippen LogP contribution is 2.23. The molecule has 0 radical (unpaired) electrons. The van der Waals surface area contributed by atoms with Crippen molar-refractivity contribution in [3.63, 3.8) is 0 Å². The van der Waals surface area contributed by atoms with E-state index in [1.807, 2.05) is 13.8 Å². The van der Waals surface area contributed by atoms with Crippen molar-refractivity contribution in [2.75, 3.05) is 0 Å². The molecule has 0 heterocycles. The first kappa shape index (κ1) is 16.9. The van der Waals surface area contributed by atoms with Crippen LogP contribution >= 0.6 is 11.6 Å². The van der Waals surface area contributed by atoms with Gasteiger partial charge in [-0.05, 0) is 37.5 Å². The van der Waals surface area contributed by atoms with Crippen molar-refractivity contribution in [1.82, 2.24) is 4.72 Å². The Balaban J connectivity index is 3.09. The number of carboxylic acid groups (broad SMARTS) is 1. The van der Waals surface area contributed by atoms with Crippen molar-refractivity contribution >= 4 is 27.6 Å². The highest BCUT2D eigenvalue weighted by Gasteiger charge is 2.22. The highest BCUT2D eigenvalue weighted by molar-refractivity contribution is 7.89. The number of nitrogens with one attached hydrogen (secondary N) is 1. The Morgan fingerprint density at radius 3 is 2.45 bits per heavy atom. The number of hydrogen-bond acceptors (Lipinski definition) is 3. The highest BCUT2D eigenvalue weighted by atomic mass is 35.5. The maximum absolute atomic E-state index is 12.2. The molecule has 20 heavy (non-hydrogen) atoms. The lowest BCUT2D eigenvalue weighted by atomic mass is 10.1. The molecule has 7 heteroatoms. The summed E-state index contributed by atoms with van der Waals surface area (Å²) < 4.78 is 27.0. The predicted molar refractivity (Wildman–Crippen MR) is 77.6 cm³/mol. The van der Waals surface area contributed by atoms with E-state index in [-0.39, 0.29) is 21.5 Å². The molecular formula is C13H18ClNO4S. The molecule has 0 saturated carbocycles. The van der Waals surface area contributed by atoms with E-state index in [0.717, 1.165) is 6.07 Å². The second kappa shape index (κ2) is 6.56. The zero-order chi connectivity index (χ0) is 15.5. The monoisotopic (exact) mass is 319 g/mol. The molecule has 5 nitrogen and oxygen atoms in total. The molecule has 1 atom stereocenters. The summed E-state index contributed by atoms with van der Waals surface area (Å²) in [6, 6.07) is 3.34. The van der Waals surface area contributed by atoms with Crippen LogP contribution in [0.2, 0.25) is 5.02 Å². The quantitative estimate of drug-likeness (QED) is 0.844. The van der Waals surface area contributed by atoms with Crippen LogP contribution in [0.25, 0.3) is 0 Å². The largest absolute Gasteiger partial charge is 0.478 e. The molecule has 0 spiro atoms. The molecule has 0 bridgehead atoms. The van der Waals surface area contributed by atoms with Crippen molar-refractivity contribution < 1.29 is 18.3 Å². The Morgan fingerprint density at radius 2 is 1.95 bits per heavy atom.